The lowest BCUT2D eigenvalue weighted by molar-refractivity contribution is 0.436. The van der Waals surface area contributed by atoms with E-state index in [1.165, 1.54) is 82.6 Å². The van der Waals surface area contributed by atoms with Gasteiger partial charge in [-0.3, -0.25) is 0 Å². The van der Waals surface area contributed by atoms with Crippen molar-refractivity contribution in [3.05, 3.63) is 516 Å². The molecule has 10 heteroatoms. The smallest absolute Gasteiger partial charge is 0.164 e. The summed E-state index contributed by atoms with van der Waals surface area (Å²) < 4.78 is 18.9. The van der Waals surface area contributed by atoms with Gasteiger partial charge in [0.1, 0.15) is 23.0 Å². The highest BCUT2D eigenvalue weighted by molar-refractivity contribution is 6.16. The number of nitrogens with zero attached hydrogens (tertiary/aromatic N) is 8. The average molecular weight is 1840 g/mol. The Hall–Kier alpha value is -18.4. The maximum Gasteiger partial charge on any atom is 0.164 e. The van der Waals surface area contributed by atoms with E-state index in [1.54, 1.807) is 0 Å². The molecule has 20 aromatic carbocycles. The van der Waals surface area contributed by atoms with Gasteiger partial charge in [-0.1, -0.05) is 386 Å². The Morgan fingerprint density at radius 2 is 0.514 bits per heavy atom. The van der Waals surface area contributed by atoms with E-state index in [4.69, 9.17) is 39.4 Å². The summed E-state index contributed by atoms with van der Waals surface area (Å²) >= 11 is 0. The SMILES string of the molecule is CC1(C)c2ccccc2-c2ccc3c4cc(-c5ccc6c(c5)-c5c(-c7nc(-c8ccccc8)nc(-c8cccc(-c9ccc%10c%11ccc%12c(c%11n(-c%11ccccc%11)c%10c9)C(C)(C)c9cc(-c%10ccc%11c(c%10)-c%10c(-c%13nc(-c%14ccccc%14)nc(-c%14ccccc%14)n%13)cccc%10C%11%10c%11ccccc%11Oc%11ccccc%11%10)ccc9-%12)c8)n7)cccc5C65c6ccccc6Oc6ccccc65)ccc4n(-c4ccccc4)c3c21. The summed E-state index contributed by atoms with van der Waals surface area (Å²) in [5.74, 6) is 6.80. The Labute approximate surface area is 832 Å². The van der Waals surface area contributed by atoms with Crippen LogP contribution in [0.15, 0.2) is 449 Å². The van der Waals surface area contributed by atoms with Crippen LogP contribution in [0, 0.1) is 0 Å². The molecule has 0 N–H and O–H groups in total. The van der Waals surface area contributed by atoms with E-state index in [2.05, 4.69) is 443 Å². The molecule has 0 atom stereocenters. The molecule has 0 saturated carbocycles. The third-order valence-electron chi connectivity index (χ3n) is 31.9. The van der Waals surface area contributed by atoms with Crippen molar-refractivity contribution in [2.45, 2.75) is 49.4 Å². The molecule has 4 aliphatic carbocycles. The molecule has 30 rings (SSSR count). The van der Waals surface area contributed by atoms with E-state index in [1.807, 2.05) is 42.5 Å². The molecule has 2 aliphatic heterocycles. The lowest BCUT2D eigenvalue weighted by Gasteiger charge is -2.39. The number of rotatable bonds is 11. The summed E-state index contributed by atoms with van der Waals surface area (Å²) in [5, 5.41) is 4.78. The highest BCUT2D eigenvalue weighted by Gasteiger charge is 2.55. The van der Waals surface area contributed by atoms with Crippen molar-refractivity contribution in [1.29, 1.82) is 0 Å². The molecule has 6 heterocycles. The Morgan fingerprint density at radius 3 is 1.01 bits per heavy atom. The number of para-hydroxylation sites is 6. The summed E-state index contributed by atoms with van der Waals surface area (Å²) in [6.07, 6.45) is 0. The summed E-state index contributed by atoms with van der Waals surface area (Å²) in [7, 11) is 0. The lowest BCUT2D eigenvalue weighted by Crippen LogP contribution is -2.32. The highest BCUT2D eigenvalue weighted by Crippen LogP contribution is 2.67. The third kappa shape index (κ3) is 11.5. The van der Waals surface area contributed by atoms with Gasteiger partial charge in [0.05, 0.1) is 32.9 Å². The predicted octanol–water partition coefficient (Wildman–Crippen LogP) is 32.8. The van der Waals surface area contributed by atoms with Gasteiger partial charge < -0.3 is 18.6 Å². The van der Waals surface area contributed by atoms with Crippen molar-refractivity contribution in [3.63, 3.8) is 0 Å². The second-order valence-corrected chi connectivity index (χ2v) is 40.1. The maximum atomic E-state index is 6.98. The second kappa shape index (κ2) is 30.6. The third-order valence-corrected chi connectivity index (χ3v) is 31.9. The molecule has 0 unspecified atom stereocenters. The van der Waals surface area contributed by atoms with Gasteiger partial charge in [0.15, 0.2) is 34.9 Å². The Bertz CT molecular complexity index is 9510. The Balaban J connectivity index is 0.551. The minimum absolute atomic E-state index is 0.248. The second-order valence-electron chi connectivity index (χ2n) is 40.1. The van der Waals surface area contributed by atoms with Gasteiger partial charge in [-0.2, -0.15) is 0 Å². The fourth-order valence-electron chi connectivity index (χ4n) is 25.7. The van der Waals surface area contributed by atoms with Gasteiger partial charge in [-0.15, -0.1) is 0 Å². The van der Waals surface area contributed by atoms with Gasteiger partial charge in [-0.05, 0) is 213 Å². The molecule has 4 aromatic heterocycles. The van der Waals surface area contributed by atoms with Crippen molar-refractivity contribution in [2.24, 2.45) is 0 Å². The van der Waals surface area contributed by atoms with E-state index in [0.717, 1.165) is 173 Å². The topological polar surface area (TPSA) is 106 Å². The minimum atomic E-state index is -0.802. The zero-order chi connectivity index (χ0) is 95.2. The number of ether oxygens (including phenoxy) is 2. The van der Waals surface area contributed by atoms with E-state index in [-0.39, 0.29) is 5.41 Å². The molecule has 2 spiro atoms. The first-order chi connectivity index (χ1) is 70.9. The molecule has 0 bridgehead atoms. The largest absolute Gasteiger partial charge is 0.457 e. The summed E-state index contributed by atoms with van der Waals surface area (Å²) in [5.41, 5.74) is 40.1. The van der Waals surface area contributed by atoms with Crippen LogP contribution in [-0.4, -0.2) is 39.0 Å². The normalized spacial score (nSPS) is 14.2. The molecule has 144 heavy (non-hydrogen) atoms. The van der Waals surface area contributed by atoms with E-state index in [9.17, 15) is 0 Å². The summed E-state index contributed by atoms with van der Waals surface area (Å²) in [6, 6.07) is 163. The van der Waals surface area contributed by atoms with Crippen LogP contribution < -0.4 is 9.47 Å². The zero-order valence-electron chi connectivity index (χ0n) is 79.1. The predicted molar refractivity (Wildman–Crippen MR) is 581 cm³/mol. The van der Waals surface area contributed by atoms with Crippen LogP contribution >= 0.6 is 0 Å². The molecule has 6 aliphatic rings. The van der Waals surface area contributed by atoms with Crippen LogP contribution in [0.25, 0.3) is 201 Å². The van der Waals surface area contributed by atoms with E-state index in [0.29, 0.717) is 34.9 Å². The molecule has 24 aromatic rings. The maximum absolute atomic E-state index is 6.98. The van der Waals surface area contributed by atoms with Gasteiger partial charge in [0.25, 0.3) is 0 Å². The number of hydrogen-bond donors (Lipinski definition) is 0. The quantitative estimate of drug-likeness (QED) is 0.126. The van der Waals surface area contributed by atoms with Crippen LogP contribution in [0.1, 0.15) is 94.5 Å². The zero-order valence-corrected chi connectivity index (χ0v) is 79.1. The molecular weight excluding hydrogens is 1750 g/mol. The minimum Gasteiger partial charge on any atom is -0.457 e. The average Bonchev–Trinajstić information content (AvgIpc) is 1.50. The molecule has 10 nitrogen and oxygen atoms in total. The summed E-state index contributed by atoms with van der Waals surface area (Å²) in [6.45, 7) is 9.64. The number of benzene rings is 20. The highest BCUT2D eigenvalue weighted by atomic mass is 16.5. The number of fused-ring (bicyclic) bond motifs is 32. The molecular formula is C134H86N8O2. The molecule has 0 fully saturated rings. The van der Waals surface area contributed by atoms with E-state index >= 15 is 0 Å². The standard InChI is InChI=1S/C134H86N8O2/c1-131(2)103-48-21-20-45-91(103)94-67-69-97-100-74-85(63-72-113(100)141(124(97)121(94)131)89-41-16-8-17-42-89)83-61-70-104-101(75-83)120-99(47-32-54-111(120)133(104)106-49-22-26-55-115(106)143-116-56-27-23-50-107(116)133)130-139-127(81-37-14-7-15-38-81)136-128(140-130)88-40-30-39-82(73-88)87-60-65-93-96-68-66-95-92-64-59-86(77-112(92)132(3,4)122(95)123(96)142(114(93)78-87)90-43-18-9-19-44-90)84-62-71-105-102(76-84)119-98(129-137-125(79-33-10-5-11-34-79)135-126(138-129)80-35-12-6-13-36-80)46-31-53-110(119)134(105)108-51-24-28-57-117(108)144-118-58-29-25-52-109(118)134/h5-78H,1-4H3. The first-order valence-corrected chi connectivity index (χ1v) is 49.6. The monoisotopic (exact) mass is 1840 g/mol. The number of hydrogen-bond acceptors (Lipinski definition) is 8. The van der Waals surface area contributed by atoms with Crippen LogP contribution in [0.3, 0.4) is 0 Å². The van der Waals surface area contributed by atoms with Crippen molar-refractivity contribution in [3.8, 4) is 181 Å². The molecule has 0 saturated heterocycles. The molecule has 0 radical (unpaired) electrons. The van der Waals surface area contributed by atoms with Crippen LogP contribution in [-0.2, 0) is 21.7 Å². The van der Waals surface area contributed by atoms with Gasteiger partial charge in [0, 0.05) is 99.4 Å². The summed E-state index contributed by atoms with van der Waals surface area (Å²) in [4.78, 5) is 33.0. The van der Waals surface area contributed by atoms with Crippen molar-refractivity contribution in [1.82, 2.24) is 39.0 Å². The van der Waals surface area contributed by atoms with Gasteiger partial charge >= 0.3 is 0 Å². The van der Waals surface area contributed by atoms with Gasteiger partial charge in [-0.25, -0.2) is 29.9 Å². The van der Waals surface area contributed by atoms with E-state index < -0.39 is 16.2 Å². The number of aromatic nitrogens is 8. The van der Waals surface area contributed by atoms with Crippen LogP contribution in [0.4, 0.5) is 0 Å². The fourth-order valence-corrected chi connectivity index (χ4v) is 25.7. The lowest BCUT2D eigenvalue weighted by atomic mass is 9.66. The Morgan fingerprint density at radius 1 is 0.188 bits per heavy atom. The van der Waals surface area contributed by atoms with Crippen molar-refractivity contribution < 1.29 is 9.47 Å². The van der Waals surface area contributed by atoms with Crippen LogP contribution in [0.2, 0.25) is 0 Å². The molecule has 674 valence electrons. The van der Waals surface area contributed by atoms with Crippen molar-refractivity contribution >= 4 is 43.6 Å². The fraction of sp³-hybridized carbons (Fsp3) is 0.0597. The first-order valence-electron chi connectivity index (χ1n) is 49.6. The van der Waals surface area contributed by atoms with Crippen molar-refractivity contribution in [2.75, 3.05) is 0 Å². The van der Waals surface area contributed by atoms with Crippen LogP contribution in [0.5, 0.6) is 23.0 Å². The van der Waals surface area contributed by atoms with Gasteiger partial charge in [0.2, 0.25) is 0 Å². The first kappa shape index (κ1) is 81.6. The Kier molecular flexibility index (Phi) is 17.3. The molecule has 0 amide bonds.